The Hall–Kier alpha value is -1.91. The van der Waals surface area contributed by atoms with Crippen LogP contribution in [0.15, 0.2) is 63.9 Å². The molecule has 1 unspecified atom stereocenters. The summed E-state index contributed by atoms with van der Waals surface area (Å²) in [6, 6.07) is 17.8. The van der Waals surface area contributed by atoms with Crippen molar-refractivity contribution < 1.29 is 9.15 Å². The molecule has 0 amide bonds. The van der Waals surface area contributed by atoms with Crippen LogP contribution in [0.25, 0.3) is 11.0 Å². The number of ether oxygens (including phenoxy) is 1. The van der Waals surface area contributed by atoms with E-state index in [0.29, 0.717) is 0 Å². The molecule has 3 aromatic rings. The van der Waals surface area contributed by atoms with Crippen molar-refractivity contribution in [3.63, 3.8) is 0 Å². The minimum absolute atomic E-state index is 0.131. The summed E-state index contributed by atoms with van der Waals surface area (Å²) >= 11 is 1.70. The van der Waals surface area contributed by atoms with Crippen LogP contribution in [0.5, 0.6) is 5.75 Å². The fourth-order valence-corrected chi connectivity index (χ4v) is 3.05. The standard InChI is InChI=1S/C17H17NO2S/c1-19-13-6-4-7-14(10-13)21-11-15(18)17-9-12-5-2-3-8-16(12)20-17/h2-10,15H,11,18H2,1H3. The van der Waals surface area contributed by atoms with E-state index < -0.39 is 0 Å². The smallest absolute Gasteiger partial charge is 0.134 e. The van der Waals surface area contributed by atoms with Gasteiger partial charge in [-0.2, -0.15) is 0 Å². The summed E-state index contributed by atoms with van der Waals surface area (Å²) in [5.74, 6) is 2.44. The third kappa shape index (κ3) is 3.23. The van der Waals surface area contributed by atoms with Crippen LogP contribution >= 0.6 is 11.8 Å². The molecule has 0 aliphatic rings. The van der Waals surface area contributed by atoms with Gasteiger partial charge in [0.15, 0.2) is 0 Å². The van der Waals surface area contributed by atoms with Crippen LogP contribution in [0, 0.1) is 0 Å². The van der Waals surface area contributed by atoms with E-state index in [1.165, 1.54) is 0 Å². The lowest BCUT2D eigenvalue weighted by molar-refractivity contribution is 0.413. The Morgan fingerprint density at radius 1 is 1.14 bits per heavy atom. The lowest BCUT2D eigenvalue weighted by Crippen LogP contribution is -2.11. The van der Waals surface area contributed by atoms with Crippen LogP contribution in [-0.2, 0) is 0 Å². The van der Waals surface area contributed by atoms with Gasteiger partial charge in [-0.15, -0.1) is 11.8 Å². The van der Waals surface area contributed by atoms with Crippen LogP contribution in [0.4, 0.5) is 0 Å². The molecule has 0 aliphatic heterocycles. The minimum Gasteiger partial charge on any atom is -0.497 e. The molecule has 0 bridgehead atoms. The number of methoxy groups -OCH3 is 1. The molecule has 0 spiro atoms. The van der Waals surface area contributed by atoms with Crippen molar-refractivity contribution in [2.45, 2.75) is 10.9 Å². The van der Waals surface area contributed by atoms with Crippen LogP contribution < -0.4 is 10.5 Å². The molecule has 108 valence electrons. The molecule has 1 heterocycles. The van der Waals surface area contributed by atoms with Gasteiger partial charge in [-0.3, -0.25) is 0 Å². The quantitative estimate of drug-likeness (QED) is 0.716. The van der Waals surface area contributed by atoms with Gasteiger partial charge >= 0.3 is 0 Å². The van der Waals surface area contributed by atoms with Gasteiger partial charge in [-0.05, 0) is 30.3 Å². The van der Waals surface area contributed by atoms with Crippen LogP contribution in [0.1, 0.15) is 11.8 Å². The first kappa shape index (κ1) is 14.0. The Labute approximate surface area is 128 Å². The van der Waals surface area contributed by atoms with Gasteiger partial charge in [0.1, 0.15) is 17.1 Å². The van der Waals surface area contributed by atoms with Crippen molar-refractivity contribution in [2.24, 2.45) is 5.73 Å². The Bertz CT molecular complexity index is 705. The largest absolute Gasteiger partial charge is 0.497 e. The molecule has 1 atom stereocenters. The number of rotatable bonds is 5. The third-order valence-corrected chi connectivity index (χ3v) is 4.39. The number of furan rings is 1. The van der Waals surface area contributed by atoms with E-state index >= 15 is 0 Å². The maximum absolute atomic E-state index is 6.23. The molecule has 2 aromatic carbocycles. The predicted octanol–water partition coefficient (Wildman–Crippen LogP) is 4.23. The summed E-state index contributed by atoms with van der Waals surface area (Å²) in [5.41, 5.74) is 7.12. The first-order chi connectivity index (χ1) is 10.3. The zero-order valence-corrected chi connectivity index (χ0v) is 12.6. The number of fused-ring (bicyclic) bond motifs is 1. The molecule has 0 aliphatic carbocycles. The molecule has 4 heteroatoms. The number of hydrogen-bond donors (Lipinski definition) is 1. The van der Waals surface area contributed by atoms with Gasteiger partial charge < -0.3 is 14.9 Å². The van der Waals surface area contributed by atoms with Crippen LogP contribution in [-0.4, -0.2) is 12.9 Å². The molecule has 1 aromatic heterocycles. The lowest BCUT2D eigenvalue weighted by Gasteiger charge is -2.09. The molecular weight excluding hydrogens is 282 g/mol. The van der Waals surface area contributed by atoms with Crippen molar-refractivity contribution in [1.29, 1.82) is 0 Å². The van der Waals surface area contributed by atoms with Gasteiger partial charge in [-0.25, -0.2) is 0 Å². The second kappa shape index (κ2) is 6.24. The number of nitrogens with two attached hydrogens (primary N) is 1. The van der Waals surface area contributed by atoms with E-state index in [1.54, 1.807) is 18.9 Å². The fraction of sp³-hybridized carbons (Fsp3) is 0.176. The molecule has 0 radical (unpaired) electrons. The summed E-state index contributed by atoms with van der Waals surface area (Å²) in [4.78, 5) is 1.14. The topological polar surface area (TPSA) is 48.4 Å². The zero-order valence-electron chi connectivity index (χ0n) is 11.8. The zero-order chi connectivity index (χ0) is 14.7. The van der Waals surface area contributed by atoms with E-state index in [4.69, 9.17) is 14.9 Å². The van der Waals surface area contributed by atoms with Crippen LogP contribution in [0.2, 0.25) is 0 Å². The number of benzene rings is 2. The second-order valence-corrected chi connectivity index (χ2v) is 5.88. The fourth-order valence-electron chi connectivity index (χ4n) is 2.14. The highest BCUT2D eigenvalue weighted by atomic mass is 32.2. The Morgan fingerprint density at radius 3 is 2.81 bits per heavy atom. The molecule has 2 N–H and O–H groups in total. The average molecular weight is 299 g/mol. The summed E-state index contributed by atoms with van der Waals surface area (Å²) < 4.78 is 11.0. The number of thioether (sulfide) groups is 1. The number of hydrogen-bond acceptors (Lipinski definition) is 4. The van der Waals surface area contributed by atoms with Gasteiger partial charge in [0.25, 0.3) is 0 Å². The average Bonchev–Trinajstić information content (AvgIpc) is 2.97. The van der Waals surface area contributed by atoms with Gasteiger partial charge in [0.2, 0.25) is 0 Å². The SMILES string of the molecule is COc1cccc(SCC(N)c2cc3ccccc3o2)c1. The highest BCUT2D eigenvalue weighted by molar-refractivity contribution is 7.99. The molecule has 21 heavy (non-hydrogen) atoms. The Balaban J connectivity index is 1.69. The highest BCUT2D eigenvalue weighted by Gasteiger charge is 2.12. The summed E-state index contributed by atoms with van der Waals surface area (Å²) in [5, 5.41) is 1.09. The van der Waals surface area contributed by atoms with Crippen molar-refractivity contribution in [1.82, 2.24) is 0 Å². The minimum atomic E-state index is -0.131. The first-order valence-corrected chi connectivity index (χ1v) is 7.76. The molecule has 0 saturated heterocycles. The molecule has 0 saturated carbocycles. The van der Waals surface area contributed by atoms with Gasteiger partial charge in [0.05, 0.1) is 13.2 Å². The highest BCUT2D eigenvalue weighted by Crippen LogP contribution is 2.28. The van der Waals surface area contributed by atoms with E-state index in [0.717, 1.165) is 33.1 Å². The van der Waals surface area contributed by atoms with Gasteiger partial charge in [0, 0.05) is 16.0 Å². The second-order valence-electron chi connectivity index (χ2n) is 4.78. The lowest BCUT2D eigenvalue weighted by atomic mass is 10.2. The maximum Gasteiger partial charge on any atom is 0.134 e. The van der Waals surface area contributed by atoms with Crippen LogP contribution in [0.3, 0.4) is 0 Å². The molecule has 3 nitrogen and oxygen atoms in total. The van der Waals surface area contributed by atoms with Crippen molar-refractivity contribution in [2.75, 3.05) is 12.9 Å². The van der Waals surface area contributed by atoms with Crippen molar-refractivity contribution in [3.8, 4) is 5.75 Å². The molecule has 3 rings (SSSR count). The maximum atomic E-state index is 6.23. The third-order valence-electron chi connectivity index (χ3n) is 3.28. The monoisotopic (exact) mass is 299 g/mol. The molecule has 0 fully saturated rings. The van der Waals surface area contributed by atoms with Crippen molar-refractivity contribution in [3.05, 3.63) is 60.4 Å². The summed E-state index contributed by atoms with van der Waals surface area (Å²) in [6.07, 6.45) is 0. The number of para-hydroxylation sites is 1. The van der Waals surface area contributed by atoms with E-state index in [2.05, 4.69) is 6.07 Å². The Morgan fingerprint density at radius 2 is 2.00 bits per heavy atom. The summed E-state index contributed by atoms with van der Waals surface area (Å²) in [7, 11) is 1.67. The molecular formula is C17H17NO2S. The van der Waals surface area contributed by atoms with E-state index in [-0.39, 0.29) is 6.04 Å². The van der Waals surface area contributed by atoms with E-state index in [1.807, 2.05) is 48.5 Å². The summed E-state index contributed by atoms with van der Waals surface area (Å²) in [6.45, 7) is 0. The predicted molar refractivity (Wildman–Crippen MR) is 86.9 cm³/mol. The van der Waals surface area contributed by atoms with Crippen molar-refractivity contribution >= 4 is 22.7 Å². The first-order valence-electron chi connectivity index (χ1n) is 6.77. The Kier molecular flexibility index (Phi) is 4.18. The van der Waals surface area contributed by atoms with E-state index in [9.17, 15) is 0 Å². The van der Waals surface area contributed by atoms with Gasteiger partial charge in [-0.1, -0.05) is 24.3 Å². The normalized spacial score (nSPS) is 12.5.